The highest BCUT2D eigenvalue weighted by Crippen LogP contribution is 2.23. The van der Waals surface area contributed by atoms with Crippen molar-refractivity contribution < 1.29 is 9.63 Å². The van der Waals surface area contributed by atoms with Crippen LogP contribution in [0.15, 0.2) is 18.2 Å². The minimum Gasteiger partial charge on any atom is -0.397 e. The van der Waals surface area contributed by atoms with Crippen molar-refractivity contribution in [1.82, 2.24) is 4.90 Å². The van der Waals surface area contributed by atoms with E-state index in [0.717, 1.165) is 5.69 Å². The number of hydrogen-bond acceptors (Lipinski definition) is 4. The Hall–Kier alpha value is -1.75. The molecule has 0 radical (unpaired) electrons. The van der Waals surface area contributed by atoms with Crippen molar-refractivity contribution in [3.05, 3.63) is 23.8 Å². The van der Waals surface area contributed by atoms with Gasteiger partial charge < -0.3 is 10.6 Å². The standard InChI is InChI=1S/C11H17N3O2/c1-13(2)11(15)8-5-6-10(9(12)7-8)14(3)16-4/h5-7H,12H2,1-4H3. The van der Waals surface area contributed by atoms with E-state index in [0.29, 0.717) is 11.3 Å². The summed E-state index contributed by atoms with van der Waals surface area (Å²) in [6, 6.07) is 5.13. The highest BCUT2D eigenvalue weighted by atomic mass is 16.7. The van der Waals surface area contributed by atoms with E-state index in [4.69, 9.17) is 10.6 Å². The first kappa shape index (κ1) is 12.3. The summed E-state index contributed by atoms with van der Waals surface area (Å²) in [5.74, 6) is -0.0710. The van der Waals surface area contributed by atoms with Crippen LogP contribution in [0.1, 0.15) is 10.4 Å². The Balaban J connectivity index is 3.04. The minimum absolute atomic E-state index is 0.0710. The van der Waals surface area contributed by atoms with Gasteiger partial charge >= 0.3 is 0 Å². The van der Waals surface area contributed by atoms with E-state index in [1.165, 1.54) is 4.90 Å². The van der Waals surface area contributed by atoms with Crippen LogP contribution in [0.5, 0.6) is 0 Å². The lowest BCUT2D eigenvalue weighted by Gasteiger charge is -2.19. The number of carbonyl (C=O) groups excluding carboxylic acids is 1. The Bertz CT molecular complexity index is 391. The lowest BCUT2D eigenvalue weighted by Crippen LogP contribution is -2.22. The monoisotopic (exact) mass is 223 g/mol. The molecule has 0 heterocycles. The third kappa shape index (κ3) is 2.43. The third-order valence-corrected chi connectivity index (χ3v) is 2.29. The fraction of sp³-hybridized carbons (Fsp3) is 0.364. The maximum absolute atomic E-state index is 11.7. The van der Waals surface area contributed by atoms with Gasteiger partial charge in [-0.3, -0.25) is 14.7 Å². The van der Waals surface area contributed by atoms with Crippen LogP contribution in [-0.2, 0) is 4.84 Å². The van der Waals surface area contributed by atoms with Crippen LogP contribution < -0.4 is 10.8 Å². The number of nitrogen functional groups attached to an aromatic ring is 1. The van der Waals surface area contributed by atoms with Crippen molar-refractivity contribution in [2.24, 2.45) is 0 Å². The second kappa shape index (κ2) is 4.85. The number of carbonyl (C=O) groups is 1. The predicted molar refractivity (Wildman–Crippen MR) is 64.3 cm³/mol. The predicted octanol–water partition coefficient (Wildman–Crippen LogP) is 0.968. The lowest BCUT2D eigenvalue weighted by molar-refractivity contribution is 0.0827. The molecule has 0 unspecified atom stereocenters. The molecule has 0 aliphatic rings. The Morgan fingerprint density at radius 3 is 2.38 bits per heavy atom. The van der Waals surface area contributed by atoms with Gasteiger partial charge in [0.05, 0.1) is 18.5 Å². The molecule has 0 aliphatic heterocycles. The summed E-state index contributed by atoms with van der Waals surface area (Å²) in [7, 11) is 6.71. The van der Waals surface area contributed by atoms with E-state index in [1.807, 2.05) is 0 Å². The molecule has 88 valence electrons. The van der Waals surface area contributed by atoms with Gasteiger partial charge in [-0.1, -0.05) is 0 Å². The van der Waals surface area contributed by atoms with Crippen LogP contribution in [0.3, 0.4) is 0 Å². The topological polar surface area (TPSA) is 58.8 Å². The Morgan fingerprint density at radius 2 is 1.94 bits per heavy atom. The first-order valence-electron chi connectivity index (χ1n) is 4.86. The van der Waals surface area contributed by atoms with Gasteiger partial charge in [-0.2, -0.15) is 0 Å². The fourth-order valence-electron chi connectivity index (χ4n) is 1.33. The Kier molecular flexibility index (Phi) is 3.73. The van der Waals surface area contributed by atoms with Crippen LogP contribution in [0.2, 0.25) is 0 Å². The summed E-state index contributed by atoms with van der Waals surface area (Å²) in [6.07, 6.45) is 0. The quantitative estimate of drug-likeness (QED) is 0.612. The Labute approximate surface area is 95.3 Å². The summed E-state index contributed by atoms with van der Waals surface area (Å²) in [4.78, 5) is 18.2. The molecule has 0 fully saturated rings. The molecule has 5 heteroatoms. The summed E-state index contributed by atoms with van der Waals surface area (Å²) in [6.45, 7) is 0. The number of nitrogens with zero attached hydrogens (tertiary/aromatic N) is 2. The van der Waals surface area contributed by atoms with Gasteiger partial charge in [-0.15, -0.1) is 0 Å². The highest BCUT2D eigenvalue weighted by Gasteiger charge is 2.11. The van der Waals surface area contributed by atoms with Crippen molar-refractivity contribution in [2.45, 2.75) is 0 Å². The minimum atomic E-state index is -0.0710. The largest absolute Gasteiger partial charge is 0.397 e. The van der Waals surface area contributed by atoms with Crippen LogP contribution in [0.25, 0.3) is 0 Å². The number of hydroxylamine groups is 1. The molecule has 0 atom stereocenters. The van der Waals surface area contributed by atoms with Crippen LogP contribution in [0, 0.1) is 0 Å². The molecule has 2 N–H and O–H groups in total. The maximum Gasteiger partial charge on any atom is 0.253 e. The van der Waals surface area contributed by atoms with Crippen molar-refractivity contribution in [3.63, 3.8) is 0 Å². The van der Waals surface area contributed by atoms with Crippen LogP contribution in [-0.4, -0.2) is 39.1 Å². The zero-order valence-corrected chi connectivity index (χ0v) is 10.0. The number of anilines is 2. The van der Waals surface area contributed by atoms with E-state index in [1.54, 1.807) is 51.5 Å². The molecule has 16 heavy (non-hydrogen) atoms. The Morgan fingerprint density at radius 1 is 1.31 bits per heavy atom. The summed E-state index contributed by atoms with van der Waals surface area (Å²) in [5.41, 5.74) is 7.65. The van der Waals surface area contributed by atoms with Gasteiger partial charge in [0.1, 0.15) is 0 Å². The average molecular weight is 223 g/mol. The maximum atomic E-state index is 11.7. The average Bonchev–Trinajstić information content (AvgIpc) is 2.26. The molecule has 0 saturated carbocycles. The molecule has 0 saturated heterocycles. The smallest absolute Gasteiger partial charge is 0.253 e. The molecular formula is C11H17N3O2. The van der Waals surface area contributed by atoms with E-state index in [-0.39, 0.29) is 5.91 Å². The molecule has 1 aromatic carbocycles. The first-order chi connectivity index (χ1) is 7.47. The van der Waals surface area contributed by atoms with Gasteiger partial charge in [0.15, 0.2) is 0 Å². The van der Waals surface area contributed by atoms with Crippen LogP contribution >= 0.6 is 0 Å². The zero-order chi connectivity index (χ0) is 12.3. The number of amides is 1. The SMILES string of the molecule is CON(C)c1ccc(C(=O)N(C)C)cc1N. The van der Waals surface area contributed by atoms with E-state index in [9.17, 15) is 4.79 Å². The van der Waals surface area contributed by atoms with Crippen molar-refractivity contribution >= 4 is 17.3 Å². The van der Waals surface area contributed by atoms with Crippen LogP contribution in [0.4, 0.5) is 11.4 Å². The molecule has 0 bridgehead atoms. The highest BCUT2D eigenvalue weighted by molar-refractivity contribution is 5.95. The van der Waals surface area contributed by atoms with Gasteiger partial charge in [0, 0.05) is 26.7 Å². The molecule has 1 amide bonds. The second-order valence-corrected chi connectivity index (χ2v) is 3.65. The molecule has 0 spiro atoms. The lowest BCUT2D eigenvalue weighted by atomic mass is 10.1. The first-order valence-corrected chi connectivity index (χ1v) is 4.86. The van der Waals surface area contributed by atoms with Gasteiger partial charge in [-0.05, 0) is 18.2 Å². The normalized spacial score (nSPS) is 10.0. The van der Waals surface area contributed by atoms with E-state index < -0.39 is 0 Å². The molecule has 0 aliphatic carbocycles. The molecule has 5 nitrogen and oxygen atoms in total. The summed E-state index contributed by atoms with van der Waals surface area (Å²) in [5, 5.41) is 1.54. The van der Waals surface area contributed by atoms with Crippen molar-refractivity contribution in [2.75, 3.05) is 39.0 Å². The van der Waals surface area contributed by atoms with Gasteiger partial charge in [0.2, 0.25) is 0 Å². The second-order valence-electron chi connectivity index (χ2n) is 3.65. The molecule has 0 aromatic heterocycles. The van der Waals surface area contributed by atoms with E-state index in [2.05, 4.69) is 0 Å². The summed E-state index contributed by atoms with van der Waals surface area (Å²) >= 11 is 0. The zero-order valence-electron chi connectivity index (χ0n) is 10.0. The molecule has 1 aromatic rings. The number of hydrogen-bond donors (Lipinski definition) is 1. The number of rotatable bonds is 3. The summed E-state index contributed by atoms with van der Waals surface area (Å²) < 4.78 is 0. The number of nitrogens with two attached hydrogens (primary N) is 1. The fourth-order valence-corrected chi connectivity index (χ4v) is 1.33. The van der Waals surface area contributed by atoms with Crippen molar-refractivity contribution in [1.29, 1.82) is 0 Å². The third-order valence-electron chi connectivity index (χ3n) is 2.29. The van der Waals surface area contributed by atoms with E-state index >= 15 is 0 Å². The van der Waals surface area contributed by atoms with Crippen molar-refractivity contribution in [3.8, 4) is 0 Å². The van der Waals surface area contributed by atoms with Gasteiger partial charge in [0.25, 0.3) is 5.91 Å². The molecular weight excluding hydrogens is 206 g/mol. The van der Waals surface area contributed by atoms with Gasteiger partial charge in [-0.25, -0.2) is 0 Å². The number of benzene rings is 1. The molecule has 1 rings (SSSR count).